The summed E-state index contributed by atoms with van der Waals surface area (Å²) in [4.78, 5) is 21.0. The predicted molar refractivity (Wildman–Crippen MR) is 80.6 cm³/mol. The first-order valence-corrected chi connectivity index (χ1v) is 6.87. The average molecular weight is 402 g/mol. The second kappa shape index (κ2) is 5.68. The number of nitrogens with zero attached hydrogens (tertiary/aromatic N) is 2. The molecule has 0 N–H and O–H groups in total. The van der Waals surface area contributed by atoms with Crippen LogP contribution in [0, 0.1) is 20.2 Å². The molecule has 0 saturated carbocycles. The molecule has 0 unspecified atom stereocenters. The van der Waals surface area contributed by atoms with Crippen LogP contribution in [0.4, 0.5) is 11.4 Å². The first kappa shape index (κ1) is 14.6. The molecule has 0 radical (unpaired) electrons. The van der Waals surface area contributed by atoms with Crippen LogP contribution in [0.25, 0.3) is 11.1 Å². The second-order valence-corrected chi connectivity index (χ2v) is 5.67. The Bertz CT molecular complexity index is 657. The summed E-state index contributed by atoms with van der Waals surface area (Å²) >= 11 is 6.44. The first-order chi connectivity index (χ1) is 9.40. The lowest BCUT2D eigenvalue weighted by Crippen LogP contribution is -1.96. The van der Waals surface area contributed by atoms with Crippen molar-refractivity contribution in [3.8, 4) is 11.1 Å². The molecule has 0 heterocycles. The number of rotatable bonds is 3. The van der Waals surface area contributed by atoms with Gasteiger partial charge in [-0.05, 0) is 24.3 Å². The van der Waals surface area contributed by atoms with Crippen LogP contribution in [-0.2, 0) is 0 Å². The Balaban J connectivity index is 2.79. The molecule has 102 valence electrons. The molecule has 0 saturated heterocycles. The summed E-state index contributed by atoms with van der Waals surface area (Å²) in [5, 5.41) is 22.2. The highest BCUT2D eigenvalue weighted by Crippen LogP contribution is 2.39. The average Bonchev–Trinajstić information content (AvgIpc) is 2.37. The molecular weight excluding hydrogens is 396 g/mol. The van der Waals surface area contributed by atoms with E-state index in [2.05, 4.69) is 31.9 Å². The van der Waals surface area contributed by atoms with Gasteiger partial charge in [-0.25, -0.2) is 0 Å². The van der Waals surface area contributed by atoms with Gasteiger partial charge >= 0.3 is 0 Å². The number of hydrogen-bond acceptors (Lipinski definition) is 4. The van der Waals surface area contributed by atoms with Gasteiger partial charge in [0.05, 0.1) is 21.0 Å². The van der Waals surface area contributed by atoms with Crippen LogP contribution in [0.2, 0.25) is 0 Å². The third kappa shape index (κ3) is 2.86. The summed E-state index contributed by atoms with van der Waals surface area (Å²) in [5.74, 6) is 0. The molecule has 0 bridgehead atoms. The lowest BCUT2D eigenvalue weighted by molar-refractivity contribution is -0.386. The lowest BCUT2D eigenvalue weighted by atomic mass is 10.0. The van der Waals surface area contributed by atoms with Gasteiger partial charge in [0.2, 0.25) is 0 Å². The van der Waals surface area contributed by atoms with Gasteiger partial charge in [-0.1, -0.05) is 31.9 Å². The number of hydrogen-bond donors (Lipinski definition) is 0. The van der Waals surface area contributed by atoms with E-state index < -0.39 is 9.85 Å². The maximum absolute atomic E-state index is 11.1. The van der Waals surface area contributed by atoms with Crippen molar-refractivity contribution in [1.29, 1.82) is 0 Å². The normalized spacial score (nSPS) is 10.3. The Morgan fingerprint density at radius 3 is 1.40 bits per heavy atom. The van der Waals surface area contributed by atoms with Gasteiger partial charge in [0, 0.05) is 21.1 Å². The fraction of sp³-hybridized carbons (Fsp3) is 0. The standard InChI is InChI=1S/C12H6Br2N2O4/c13-7-1-3-11(15(17)18)9(5-7)10-6-8(14)2-4-12(10)16(19)20/h1-6H. The third-order valence-electron chi connectivity index (χ3n) is 2.60. The molecule has 2 aromatic rings. The zero-order valence-electron chi connectivity index (χ0n) is 9.75. The Morgan fingerprint density at radius 1 is 0.750 bits per heavy atom. The second-order valence-electron chi connectivity index (χ2n) is 3.84. The Morgan fingerprint density at radius 2 is 1.10 bits per heavy atom. The van der Waals surface area contributed by atoms with E-state index in [1.165, 1.54) is 36.4 Å². The molecule has 0 aromatic heterocycles. The fourth-order valence-corrected chi connectivity index (χ4v) is 2.49. The molecule has 2 rings (SSSR count). The van der Waals surface area contributed by atoms with Crippen LogP contribution in [0.15, 0.2) is 45.3 Å². The first-order valence-electron chi connectivity index (χ1n) is 5.28. The molecule has 0 atom stereocenters. The molecule has 8 heteroatoms. The van der Waals surface area contributed by atoms with E-state index in [0.717, 1.165) is 0 Å². The number of benzene rings is 2. The Hall–Kier alpha value is -1.80. The highest BCUT2D eigenvalue weighted by molar-refractivity contribution is 9.10. The van der Waals surface area contributed by atoms with Crippen molar-refractivity contribution in [2.24, 2.45) is 0 Å². The molecule has 0 aliphatic rings. The van der Waals surface area contributed by atoms with Crippen molar-refractivity contribution in [3.05, 3.63) is 65.6 Å². The van der Waals surface area contributed by atoms with Gasteiger partial charge in [-0.15, -0.1) is 0 Å². The Kier molecular flexibility index (Phi) is 4.15. The minimum Gasteiger partial charge on any atom is -0.258 e. The van der Waals surface area contributed by atoms with Gasteiger partial charge in [-0.3, -0.25) is 20.2 Å². The topological polar surface area (TPSA) is 86.3 Å². The summed E-state index contributed by atoms with van der Waals surface area (Å²) < 4.78 is 1.21. The van der Waals surface area contributed by atoms with Crippen LogP contribution in [0.1, 0.15) is 0 Å². The van der Waals surface area contributed by atoms with Crippen LogP contribution < -0.4 is 0 Å². The van der Waals surface area contributed by atoms with Gasteiger partial charge in [0.1, 0.15) is 0 Å². The molecule has 0 fully saturated rings. The van der Waals surface area contributed by atoms with E-state index in [1.807, 2.05) is 0 Å². The predicted octanol–water partition coefficient (Wildman–Crippen LogP) is 4.70. The fourth-order valence-electron chi connectivity index (χ4n) is 1.77. The van der Waals surface area contributed by atoms with Crippen LogP contribution in [-0.4, -0.2) is 9.85 Å². The zero-order chi connectivity index (χ0) is 14.9. The van der Waals surface area contributed by atoms with E-state index >= 15 is 0 Å². The Labute approximate surface area is 130 Å². The molecule has 6 nitrogen and oxygen atoms in total. The van der Waals surface area contributed by atoms with Gasteiger partial charge < -0.3 is 0 Å². The quantitative estimate of drug-likeness (QED) is 0.551. The number of nitro benzene ring substituents is 2. The van der Waals surface area contributed by atoms with E-state index in [4.69, 9.17) is 0 Å². The SMILES string of the molecule is O=[N+]([O-])c1ccc(Br)cc1-c1cc(Br)ccc1[N+](=O)[O-]. The van der Waals surface area contributed by atoms with Crippen LogP contribution in [0.5, 0.6) is 0 Å². The van der Waals surface area contributed by atoms with Crippen molar-refractivity contribution < 1.29 is 9.85 Å². The summed E-state index contributed by atoms with van der Waals surface area (Å²) in [5.41, 5.74) is 0.0125. The number of halogens is 2. The summed E-state index contributed by atoms with van der Waals surface area (Å²) in [6.07, 6.45) is 0. The van der Waals surface area contributed by atoms with Crippen molar-refractivity contribution in [2.45, 2.75) is 0 Å². The van der Waals surface area contributed by atoms with Crippen molar-refractivity contribution in [3.63, 3.8) is 0 Å². The van der Waals surface area contributed by atoms with Gasteiger partial charge in [0.15, 0.2) is 0 Å². The maximum atomic E-state index is 11.1. The molecule has 2 aromatic carbocycles. The molecular formula is C12H6Br2N2O4. The van der Waals surface area contributed by atoms with Crippen LogP contribution >= 0.6 is 31.9 Å². The van der Waals surface area contributed by atoms with E-state index in [9.17, 15) is 20.2 Å². The molecule has 0 spiro atoms. The van der Waals surface area contributed by atoms with Gasteiger partial charge in [0.25, 0.3) is 11.4 Å². The summed E-state index contributed by atoms with van der Waals surface area (Å²) in [7, 11) is 0. The van der Waals surface area contributed by atoms with Gasteiger partial charge in [-0.2, -0.15) is 0 Å². The third-order valence-corrected chi connectivity index (χ3v) is 3.59. The monoisotopic (exact) mass is 400 g/mol. The van der Waals surface area contributed by atoms with E-state index in [0.29, 0.717) is 8.95 Å². The molecule has 20 heavy (non-hydrogen) atoms. The minimum absolute atomic E-state index is 0.186. The highest BCUT2D eigenvalue weighted by Gasteiger charge is 2.23. The molecule has 0 aliphatic carbocycles. The van der Waals surface area contributed by atoms with Crippen molar-refractivity contribution in [1.82, 2.24) is 0 Å². The lowest BCUT2D eigenvalue weighted by Gasteiger charge is -2.06. The zero-order valence-corrected chi connectivity index (χ0v) is 12.9. The van der Waals surface area contributed by atoms with E-state index in [1.54, 1.807) is 0 Å². The maximum Gasteiger partial charge on any atom is 0.277 e. The molecule has 0 aliphatic heterocycles. The molecule has 0 amide bonds. The summed E-state index contributed by atoms with van der Waals surface area (Å²) in [6, 6.07) is 8.64. The summed E-state index contributed by atoms with van der Waals surface area (Å²) in [6.45, 7) is 0. The van der Waals surface area contributed by atoms with E-state index in [-0.39, 0.29) is 22.5 Å². The highest BCUT2D eigenvalue weighted by atomic mass is 79.9. The van der Waals surface area contributed by atoms with Crippen molar-refractivity contribution >= 4 is 43.2 Å². The van der Waals surface area contributed by atoms with Crippen LogP contribution in [0.3, 0.4) is 0 Å². The minimum atomic E-state index is -0.563. The van der Waals surface area contributed by atoms with Crippen molar-refractivity contribution in [2.75, 3.05) is 0 Å². The largest absolute Gasteiger partial charge is 0.277 e. The smallest absolute Gasteiger partial charge is 0.258 e. The number of nitro groups is 2.